The molecule has 0 spiro atoms. The normalized spacial score (nSPS) is 16.1. The van der Waals surface area contributed by atoms with Gasteiger partial charge in [-0.25, -0.2) is 0 Å². The fourth-order valence-corrected chi connectivity index (χ4v) is 1.59. The van der Waals surface area contributed by atoms with Gasteiger partial charge in [0.15, 0.2) is 0 Å². The van der Waals surface area contributed by atoms with Crippen LogP contribution < -0.4 is 5.32 Å². The number of aromatic nitrogens is 2. The molecule has 0 bridgehead atoms. The second kappa shape index (κ2) is 4.60. The topological polar surface area (TPSA) is 29.9 Å². The Labute approximate surface area is 85.5 Å². The maximum Gasteiger partial charge on any atom is 0.0655 e. The van der Waals surface area contributed by atoms with Gasteiger partial charge in [0.2, 0.25) is 0 Å². The average molecular weight is 193 g/mol. The average Bonchev–Trinajstić information content (AvgIpc) is 2.94. The van der Waals surface area contributed by atoms with Crippen LogP contribution in [0.1, 0.15) is 37.8 Å². The molecular weight excluding hydrogens is 174 g/mol. The molecule has 0 atom stereocenters. The fourth-order valence-electron chi connectivity index (χ4n) is 1.59. The first-order valence-electron chi connectivity index (χ1n) is 5.64. The predicted molar refractivity (Wildman–Crippen MR) is 57.4 cm³/mol. The highest BCUT2D eigenvalue weighted by Crippen LogP contribution is 2.38. The van der Waals surface area contributed by atoms with Crippen LogP contribution in [-0.4, -0.2) is 22.9 Å². The number of nitrogens with zero attached hydrogens (tertiary/aromatic N) is 2. The zero-order valence-electron chi connectivity index (χ0n) is 8.87. The summed E-state index contributed by atoms with van der Waals surface area (Å²) in [5.41, 5.74) is 1.29. The van der Waals surface area contributed by atoms with Crippen molar-refractivity contribution in [1.29, 1.82) is 0 Å². The van der Waals surface area contributed by atoms with E-state index in [-0.39, 0.29) is 0 Å². The summed E-state index contributed by atoms with van der Waals surface area (Å²) in [6.07, 6.45) is 5.98. The molecule has 0 unspecified atom stereocenters. The smallest absolute Gasteiger partial charge is 0.0655 e. The highest BCUT2D eigenvalue weighted by atomic mass is 15.3. The molecule has 3 nitrogen and oxygen atoms in total. The molecule has 0 aromatic carbocycles. The van der Waals surface area contributed by atoms with Gasteiger partial charge in [-0.05, 0) is 31.9 Å². The van der Waals surface area contributed by atoms with E-state index in [0.29, 0.717) is 0 Å². The highest BCUT2D eigenvalue weighted by molar-refractivity contribution is 5.12. The van der Waals surface area contributed by atoms with E-state index in [4.69, 9.17) is 0 Å². The second-order valence-electron chi connectivity index (χ2n) is 4.03. The van der Waals surface area contributed by atoms with Crippen molar-refractivity contribution in [3.05, 3.63) is 18.0 Å². The van der Waals surface area contributed by atoms with Gasteiger partial charge < -0.3 is 5.32 Å². The molecule has 0 radical (unpaired) electrons. The van der Waals surface area contributed by atoms with E-state index in [1.807, 2.05) is 0 Å². The van der Waals surface area contributed by atoms with Crippen LogP contribution in [-0.2, 0) is 6.54 Å². The Hall–Kier alpha value is -0.830. The summed E-state index contributed by atoms with van der Waals surface area (Å²) < 4.78 is 2.05. The maximum atomic E-state index is 4.55. The van der Waals surface area contributed by atoms with E-state index >= 15 is 0 Å². The van der Waals surface area contributed by atoms with Gasteiger partial charge in [0.25, 0.3) is 0 Å². The molecule has 1 N–H and O–H groups in total. The minimum absolute atomic E-state index is 0.778. The first kappa shape index (κ1) is 9.71. The summed E-state index contributed by atoms with van der Waals surface area (Å²) in [6.45, 7) is 5.31. The summed E-state index contributed by atoms with van der Waals surface area (Å²) in [6, 6.07) is 2.16. The standard InChI is InChI=1S/C11H19N3/c1-2-6-12-7-9-14-8-5-11(13-14)10-3-4-10/h5,8,10,12H,2-4,6-7,9H2,1H3. The molecule has 2 rings (SSSR count). The highest BCUT2D eigenvalue weighted by Gasteiger charge is 2.25. The van der Waals surface area contributed by atoms with Gasteiger partial charge >= 0.3 is 0 Å². The number of hydrogen-bond acceptors (Lipinski definition) is 2. The third-order valence-corrected chi connectivity index (χ3v) is 2.60. The van der Waals surface area contributed by atoms with Gasteiger partial charge in [-0.2, -0.15) is 5.10 Å². The molecule has 1 aliphatic rings. The van der Waals surface area contributed by atoms with Crippen molar-refractivity contribution in [1.82, 2.24) is 15.1 Å². The molecule has 1 fully saturated rings. The van der Waals surface area contributed by atoms with Gasteiger partial charge in [-0.3, -0.25) is 4.68 Å². The quantitative estimate of drug-likeness (QED) is 0.698. The molecule has 78 valence electrons. The predicted octanol–water partition coefficient (Wildman–Crippen LogP) is 1.76. The third-order valence-electron chi connectivity index (χ3n) is 2.60. The van der Waals surface area contributed by atoms with Crippen LogP contribution in [0.15, 0.2) is 12.3 Å². The lowest BCUT2D eigenvalue weighted by Crippen LogP contribution is -2.20. The van der Waals surface area contributed by atoms with Gasteiger partial charge in [-0.1, -0.05) is 6.92 Å². The first-order chi connectivity index (χ1) is 6.90. The van der Waals surface area contributed by atoms with Crippen LogP contribution >= 0.6 is 0 Å². The third kappa shape index (κ3) is 2.58. The largest absolute Gasteiger partial charge is 0.315 e. The Kier molecular flexibility index (Phi) is 3.19. The Morgan fingerprint density at radius 3 is 3.07 bits per heavy atom. The maximum absolute atomic E-state index is 4.55. The molecule has 0 saturated heterocycles. The van der Waals surface area contributed by atoms with Crippen molar-refractivity contribution in [2.45, 2.75) is 38.6 Å². The summed E-state index contributed by atoms with van der Waals surface area (Å²) >= 11 is 0. The van der Waals surface area contributed by atoms with Crippen LogP contribution in [0.5, 0.6) is 0 Å². The number of rotatable bonds is 6. The Bertz CT molecular complexity index is 276. The summed E-state index contributed by atoms with van der Waals surface area (Å²) in [5.74, 6) is 0.778. The van der Waals surface area contributed by atoms with Gasteiger partial charge in [0.05, 0.1) is 12.2 Å². The van der Waals surface area contributed by atoms with Crippen molar-refractivity contribution in [2.24, 2.45) is 0 Å². The van der Waals surface area contributed by atoms with Crippen molar-refractivity contribution in [2.75, 3.05) is 13.1 Å². The minimum atomic E-state index is 0.778. The lowest BCUT2D eigenvalue weighted by molar-refractivity contribution is 0.549. The Morgan fingerprint density at radius 2 is 2.36 bits per heavy atom. The lowest BCUT2D eigenvalue weighted by Gasteiger charge is -2.02. The fraction of sp³-hybridized carbons (Fsp3) is 0.727. The van der Waals surface area contributed by atoms with Gasteiger partial charge in [0.1, 0.15) is 0 Å². The van der Waals surface area contributed by atoms with Crippen LogP contribution in [0.2, 0.25) is 0 Å². The molecule has 3 heteroatoms. The van der Waals surface area contributed by atoms with Gasteiger partial charge in [0, 0.05) is 18.7 Å². The van der Waals surface area contributed by atoms with Crippen molar-refractivity contribution in [3.8, 4) is 0 Å². The van der Waals surface area contributed by atoms with Crippen molar-refractivity contribution >= 4 is 0 Å². The van der Waals surface area contributed by atoms with E-state index < -0.39 is 0 Å². The van der Waals surface area contributed by atoms with Crippen LogP contribution in [0.4, 0.5) is 0 Å². The summed E-state index contributed by atoms with van der Waals surface area (Å²) in [7, 11) is 0. The minimum Gasteiger partial charge on any atom is -0.315 e. The summed E-state index contributed by atoms with van der Waals surface area (Å²) in [5, 5.41) is 7.92. The van der Waals surface area contributed by atoms with Crippen LogP contribution in [0.3, 0.4) is 0 Å². The Balaban J connectivity index is 1.72. The van der Waals surface area contributed by atoms with E-state index in [9.17, 15) is 0 Å². The molecule has 0 aliphatic heterocycles. The molecule has 1 heterocycles. The SMILES string of the molecule is CCCNCCn1ccc(C2CC2)n1. The number of hydrogen-bond donors (Lipinski definition) is 1. The second-order valence-corrected chi connectivity index (χ2v) is 4.03. The molecule has 1 aromatic heterocycles. The molecule has 1 aliphatic carbocycles. The molecule has 1 aromatic rings. The van der Waals surface area contributed by atoms with Crippen LogP contribution in [0.25, 0.3) is 0 Å². The van der Waals surface area contributed by atoms with E-state index in [1.165, 1.54) is 25.0 Å². The zero-order chi connectivity index (χ0) is 9.80. The van der Waals surface area contributed by atoms with E-state index in [1.54, 1.807) is 0 Å². The monoisotopic (exact) mass is 193 g/mol. The van der Waals surface area contributed by atoms with E-state index in [0.717, 1.165) is 25.6 Å². The molecular formula is C11H19N3. The molecule has 14 heavy (non-hydrogen) atoms. The Morgan fingerprint density at radius 1 is 1.50 bits per heavy atom. The van der Waals surface area contributed by atoms with Crippen molar-refractivity contribution < 1.29 is 0 Å². The number of nitrogens with one attached hydrogen (secondary N) is 1. The van der Waals surface area contributed by atoms with Gasteiger partial charge in [-0.15, -0.1) is 0 Å². The lowest BCUT2D eigenvalue weighted by atomic mass is 10.3. The zero-order valence-corrected chi connectivity index (χ0v) is 8.87. The molecule has 1 saturated carbocycles. The first-order valence-corrected chi connectivity index (χ1v) is 5.64. The van der Waals surface area contributed by atoms with Crippen LogP contribution in [0, 0.1) is 0 Å². The van der Waals surface area contributed by atoms with Crippen molar-refractivity contribution in [3.63, 3.8) is 0 Å². The van der Waals surface area contributed by atoms with E-state index in [2.05, 4.69) is 34.3 Å². The molecule has 0 amide bonds. The summed E-state index contributed by atoms with van der Waals surface area (Å²) in [4.78, 5) is 0.